The molecule has 0 unspecified atom stereocenters. The molecular formula is C29H26N6O3. The van der Waals surface area contributed by atoms with Crippen molar-refractivity contribution in [2.45, 2.75) is 32.4 Å². The Bertz CT molecular complexity index is 1800. The topological polar surface area (TPSA) is 128 Å². The molecule has 5 rings (SSSR count). The fraction of sp³-hybridized carbons (Fsp3) is 0.172. The standard InChI is InChI=1S/C29H26N6O3/c1-18(32-27(36)24-25(30)33-34-16-8-15-31-26(24)34)22-17-20-10-7-9-19(13-14-29(2,3)38)23(20)28(37)35(22)21-11-5-4-6-12-21/h4-12,15-18,38H,1-3H3,(H2,30,33)(H,32,36)/t18-/m1/s1. The van der Waals surface area contributed by atoms with Gasteiger partial charge in [-0.2, -0.15) is 0 Å². The molecule has 0 saturated heterocycles. The number of hydrogen-bond acceptors (Lipinski definition) is 6. The quantitative estimate of drug-likeness (QED) is 0.321. The van der Waals surface area contributed by atoms with Gasteiger partial charge >= 0.3 is 0 Å². The summed E-state index contributed by atoms with van der Waals surface area (Å²) in [4.78, 5) is 31.6. The summed E-state index contributed by atoms with van der Waals surface area (Å²) in [5.74, 6) is 5.35. The van der Waals surface area contributed by atoms with Gasteiger partial charge in [-0.1, -0.05) is 42.2 Å². The first-order valence-electron chi connectivity index (χ1n) is 12.0. The molecule has 0 bridgehead atoms. The van der Waals surface area contributed by atoms with E-state index in [0.717, 1.165) is 0 Å². The lowest BCUT2D eigenvalue weighted by atomic mass is 10.0. The second-order valence-corrected chi connectivity index (χ2v) is 9.47. The molecule has 1 amide bonds. The van der Waals surface area contributed by atoms with E-state index in [2.05, 4.69) is 27.2 Å². The van der Waals surface area contributed by atoms with Gasteiger partial charge in [0.15, 0.2) is 11.5 Å². The van der Waals surface area contributed by atoms with Gasteiger partial charge < -0.3 is 16.2 Å². The van der Waals surface area contributed by atoms with Crippen LogP contribution in [0.1, 0.15) is 48.4 Å². The van der Waals surface area contributed by atoms with Gasteiger partial charge in [-0.25, -0.2) is 9.50 Å². The van der Waals surface area contributed by atoms with Crippen molar-refractivity contribution in [2.24, 2.45) is 0 Å². The van der Waals surface area contributed by atoms with E-state index in [1.807, 2.05) is 42.5 Å². The minimum Gasteiger partial charge on any atom is -0.381 e. The van der Waals surface area contributed by atoms with Crippen LogP contribution in [-0.4, -0.2) is 35.8 Å². The lowest BCUT2D eigenvalue weighted by Crippen LogP contribution is -2.32. The number of nitrogens with zero attached hydrogens (tertiary/aromatic N) is 4. The maximum Gasteiger partial charge on any atom is 0.264 e. The van der Waals surface area contributed by atoms with Crippen LogP contribution in [-0.2, 0) is 0 Å². The molecule has 0 spiro atoms. The summed E-state index contributed by atoms with van der Waals surface area (Å²) in [5, 5.41) is 18.3. The summed E-state index contributed by atoms with van der Waals surface area (Å²) < 4.78 is 3.02. The van der Waals surface area contributed by atoms with Gasteiger partial charge in [0.2, 0.25) is 0 Å². The Morgan fingerprint density at radius 1 is 1.13 bits per heavy atom. The number of aliphatic hydroxyl groups is 1. The SMILES string of the molecule is C[C@@H](NC(=O)c1c(N)nn2cccnc12)c1cc2cccc(C#CC(C)(C)O)c2c(=O)n1-c1ccccc1. The lowest BCUT2D eigenvalue weighted by Gasteiger charge is -2.21. The minimum absolute atomic E-state index is 0.0578. The molecule has 1 atom stereocenters. The second-order valence-electron chi connectivity index (χ2n) is 9.47. The average molecular weight is 507 g/mol. The monoisotopic (exact) mass is 506 g/mol. The van der Waals surface area contributed by atoms with E-state index < -0.39 is 17.6 Å². The molecular weight excluding hydrogens is 480 g/mol. The van der Waals surface area contributed by atoms with Crippen molar-refractivity contribution < 1.29 is 9.90 Å². The molecule has 190 valence electrons. The van der Waals surface area contributed by atoms with Crippen LogP contribution in [0.3, 0.4) is 0 Å². The van der Waals surface area contributed by atoms with Gasteiger partial charge in [-0.05, 0) is 56.5 Å². The van der Waals surface area contributed by atoms with Gasteiger partial charge in [0, 0.05) is 29.3 Å². The predicted molar refractivity (Wildman–Crippen MR) is 146 cm³/mol. The third-order valence-electron chi connectivity index (χ3n) is 6.03. The molecule has 9 heteroatoms. The number of rotatable bonds is 4. The summed E-state index contributed by atoms with van der Waals surface area (Å²) >= 11 is 0. The molecule has 3 heterocycles. The van der Waals surface area contributed by atoms with Crippen molar-refractivity contribution >= 4 is 28.1 Å². The predicted octanol–water partition coefficient (Wildman–Crippen LogP) is 3.23. The Hall–Kier alpha value is -4.94. The number of carbonyl (C=O) groups excluding carboxylic acids is 1. The number of benzene rings is 2. The highest BCUT2D eigenvalue weighted by atomic mass is 16.3. The normalized spacial score (nSPS) is 12.2. The number of aromatic nitrogens is 4. The molecule has 2 aromatic carbocycles. The molecule has 0 radical (unpaired) electrons. The molecule has 3 aromatic heterocycles. The average Bonchev–Trinajstić information content (AvgIpc) is 3.23. The molecule has 38 heavy (non-hydrogen) atoms. The maximum atomic E-state index is 14.0. The van der Waals surface area contributed by atoms with Crippen LogP contribution in [0.2, 0.25) is 0 Å². The van der Waals surface area contributed by atoms with E-state index in [-0.39, 0.29) is 16.9 Å². The number of hydrogen-bond donors (Lipinski definition) is 3. The van der Waals surface area contributed by atoms with Crippen LogP contribution in [0.4, 0.5) is 5.82 Å². The molecule has 4 N–H and O–H groups in total. The first-order valence-corrected chi connectivity index (χ1v) is 12.0. The third kappa shape index (κ3) is 4.61. The summed E-state index contributed by atoms with van der Waals surface area (Å²) in [6.45, 7) is 4.97. The Labute approximate surface area is 218 Å². The number of amides is 1. The van der Waals surface area contributed by atoms with Crippen molar-refractivity contribution in [2.75, 3.05) is 5.73 Å². The molecule has 0 aliphatic rings. The molecule has 9 nitrogen and oxygen atoms in total. The Morgan fingerprint density at radius 2 is 1.89 bits per heavy atom. The number of para-hydroxylation sites is 1. The zero-order chi connectivity index (χ0) is 27.0. The summed E-state index contributed by atoms with van der Waals surface area (Å²) in [5.41, 5.74) is 6.75. The maximum absolute atomic E-state index is 14.0. The fourth-order valence-electron chi connectivity index (χ4n) is 4.33. The Balaban J connectivity index is 1.66. The van der Waals surface area contributed by atoms with E-state index in [9.17, 15) is 14.7 Å². The number of carbonyl (C=O) groups is 1. The molecule has 0 aliphatic heterocycles. The van der Waals surface area contributed by atoms with Crippen LogP contribution in [0, 0.1) is 11.8 Å². The van der Waals surface area contributed by atoms with E-state index in [0.29, 0.717) is 33.4 Å². The highest BCUT2D eigenvalue weighted by molar-refractivity contribution is 6.04. The largest absolute Gasteiger partial charge is 0.381 e. The number of nitrogens with two attached hydrogens (primary N) is 1. The highest BCUT2D eigenvalue weighted by Crippen LogP contribution is 2.24. The third-order valence-corrected chi connectivity index (χ3v) is 6.03. The summed E-state index contributed by atoms with van der Waals surface area (Å²) in [7, 11) is 0. The number of fused-ring (bicyclic) bond motifs is 2. The van der Waals surface area contributed by atoms with Crippen LogP contribution in [0.25, 0.3) is 22.1 Å². The fourth-order valence-corrected chi connectivity index (χ4v) is 4.33. The smallest absolute Gasteiger partial charge is 0.264 e. The zero-order valence-electron chi connectivity index (χ0n) is 21.1. The van der Waals surface area contributed by atoms with Gasteiger partial charge in [0.25, 0.3) is 11.5 Å². The van der Waals surface area contributed by atoms with E-state index >= 15 is 0 Å². The van der Waals surface area contributed by atoms with Gasteiger partial charge in [-0.15, -0.1) is 5.10 Å². The Morgan fingerprint density at radius 3 is 2.63 bits per heavy atom. The molecule has 0 fully saturated rings. The van der Waals surface area contributed by atoms with Crippen LogP contribution >= 0.6 is 0 Å². The van der Waals surface area contributed by atoms with E-state index in [4.69, 9.17) is 5.73 Å². The lowest BCUT2D eigenvalue weighted by molar-refractivity contribution is 0.0941. The number of anilines is 1. The van der Waals surface area contributed by atoms with Crippen LogP contribution in [0.5, 0.6) is 0 Å². The summed E-state index contributed by atoms with van der Waals surface area (Å²) in [6, 6.07) is 17.5. The minimum atomic E-state index is -1.21. The van der Waals surface area contributed by atoms with Crippen molar-refractivity contribution in [1.29, 1.82) is 0 Å². The molecule has 5 aromatic rings. The molecule has 0 saturated carbocycles. The van der Waals surface area contributed by atoms with Crippen molar-refractivity contribution in [3.8, 4) is 17.5 Å². The highest BCUT2D eigenvalue weighted by Gasteiger charge is 2.24. The molecule has 0 aliphatic carbocycles. The van der Waals surface area contributed by atoms with Gasteiger partial charge in [0.05, 0.1) is 11.4 Å². The van der Waals surface area contributed by atoms with Crippen LogP contribution in [0.15, 0.2) is 77.9 Å². The zero-order valence-corrected chi connectivity index (χ0v) is 21.1. The number of nitrogens with one attached hydrogen (secondary N) is 1. The van der Waals surface area contributed by atoms with Gasteiger partial charge in [0.1, 0.15) is 11.2 Å². The van der Waals surface area contributed by atoms with Crippen molar-refractivity contribution in [1.82, 2.24) is 24.5 Å². The van der Waals surface area contributed by atoms with Crippen LogP contribution < -0.4 is 16.6 Å². The first kappa shape index (κ1) is 24.7. The van der Waals surface area contributed by atoms with E-state index in [1.165, 1.54) is 4.52 Å². The number of nitrogen functional groups attached to an aromatic ring is 1. The van der Waals surface area contributed by atoms with Crippen molar-refractivity contribution in [3.63, 3.8) is 0 Å². The van der Waals surface area contributed by atoms with E-state index in [1.54, 1.807) is 55.9 Å². The second kappa shape index (κ2) is 9.50. The van der Waals surface area contributed by atoms with Crippen molar-refractivity contribution in [3.05, 3.63) is 100 Å². The first-order chi connectivity index (χ1) is 18.1. The Kier molecular flexibility index (Phi) is 6.18. The number of pyridine rings is 1. The van der Waals surface area contributed by atoms with Gasteiger partial charge in [-0.3, -0.25) is 14.2 Å². The summed E-state index contributed by atoms with van der Waals surface area (Å²) in [6.07, 6.45) is 3.22.